The third kappa shape index (κ3) is 2.20. The van der Waals surface area contributed by atoms with E-state index in [1.165, 1.54) is 0 Å². The van der Waals surface area contributed by atoms with Gasteiger partial charge in [0.2, 0.25) is 0 Å². The molecular weight excluding hydrogens is 172 g/mol. The fraction of sp³-hybridized carbons (Fsp3) is 1.00. The molecule has 4 nitrogen and oxygen atoms in total. The van der Waals surface area contributed by atoms with Crippen LogP contribution < -0.4 is 0 Å². The largest absolute Gasteiger partial charge is 0.393 e. The normalized spacial score (nSPS) is 31.6. The molecule has 0 amide bonds. The summed E-state index contributed by atoms with van der Waals surface area (Å²) >= 11 is 0. The first kappa shape index (κ1) is 10.9. The van der Waals surface area contributed by atoms with E-state index in [0.717, 1.165) is 0 Å². The lowest BCUT2D eigenvalue weighted by molar-refractivity contribution is -0.178. The van der Waals surface area contributed by atoms with Crippen molar-refractivity contribution in [3.63, 3.8) is 0 Å². The maximum Gasteiger partial charge on any atom is 0.163 e. The average Bonchev–Trinajstić information content (AvgIpc) is 2.45. The average molecular weight is 190 g/mol. The van der Waals surface area contributed by atoms with E-state index < -0.39 is 17.5 Å². The van der Waals surface area contributed by atoms with Crippen LogP contribution in [-0.2, 0) is 9.47 Å². The molecule has 0 bridgehead atoms. The minimum absolute atomic E-state index is 0.298. The van der Waals surface area contributed by atoms with E-state index in [1.807, 2.05) is 6.92 Å². The number of hydrogen-bond acceptors (Lipinski definition) is 4. The summed E-state index contributed by atoms with van der Waals surface area (Å²) in [4.78, 5) is 0. The third-order valence-electron chi connectivity index (χ3n) is 2.49. The molecule has 4 heteroatoms. The maximum atomic E-state index is 9.91. The number of aliphatic hydroxyl groups is 2. The van der Waals surface area contributed by atoms with Crippen LogP contribution in [0.1, 0.15) is 27.2 Å². The second-order valence-electron chi connectivity index (χ2n) is 3.93. The molecule has 1 rings (SSSR count). The Kier molecular flexibility index (Phi) is 2.97. The number of rotatable bonds is 3. The van der Waals surface area contributed by atoms with Gasteiger partial charge in [0.15, 0.2) is 5.79 Å². The molecule has 1 fully saturated rings. The molecule has 13 heavy (non-hydrogen) atoms. The van der Waals surface area contributed by atoms with Gasteiger partial charge in [0.25, 0.3) is 0 Å². The predicted molar refractivity (Wildman–Crippen MR) is 47.2 cm³/mol. The lowest BCUT2D eigenvalue weighted by Crippen LogP contribution is -2.47. The third-order valence-corrected chi connectivity index (χ3v) is 2.49. The highest BCUT2D eigenvalue weighted by Gasteiger charge is 2.44. The van der Waals surface area contributed by atoms with E-state index in [0.29, 0.717) is 13.0 Å². The zero-order valence-corrected chi connectivity index (χ0v) is 8.41. The smallest absolute Gasteiger partial charge is 0.163 e. The zero-order chi connectivity index (χ0) is 10.1. The molecule has 2 atom stereocenters. The predicted octanol–water partition coefficient (Wildman–Crippen LogP) is 0.271. The van der Waals surface area contributed by atoms with E-state index in [9.17, 15) is 5.11 Å². The van der Waals surface area contributed by atoms with Crippen LogP contribution in [0.4, 0.5) is 0 Å². The van der Waals surface area contributed by atoms with Crippen molar-refractivity contribution >= 4 is 0 Å². The molecule has 78 valence electrons. The summed E-state index contributed by atoms with van der Waals surface area (Å²) in [5.74, 6) is -0.650. The SMILES string of the molecule is CCC(O)(CO)C1COC(C)(C)O1. The highest BCUT2D eigenvalue weighted by molar-refractivity contribution is 4.89. The van der Waals surface area contributed by atoms with E-state index in [-0.39, 0.29) is 6.61 Å². The minimum Gasteiger partial charge on any atom is -0.393 e. The lowest BCUT2D eigenvalue weighted by Gasteiger charge is -2.30. The molecule has 1 saturated heterocycles. The van der Waals surface area contributed by atoms with Crippen molar-refractivity contribution in [2.75, 3.05) is 13.2 Å². The standard InChI is InChI=1S/C9H18O4/c1-4-9(11,6-10)7-5-12-8(2,3)13-7/h7,10-11H,4-6H2,1-3H3. The van der Waals surface area contributed by atoms with Crippen LogP contribution in [0, 0.1) is 0 Å². The van der Waals surface area contributed by atoms with Gasteiger partial charge in [-0.25, -0.2) is 0 Å². The zero-order valence-electron chi connectivity index (χ0n) is 8.41. The Morgan fingerprint density at radius 1 is 1.54 bits per heavy atom. The second kappa shape index (κ2) is 3.53. The Morgan fingerprint density at radius 3 is 2.46 bits per heavy atom. The van der Waals surface area contributed by atoms with Crippen LogP contribution in [0.2, 0.25) is 0 Å². The van der Waals surface area contributed by atoms with Gasteiger partial charge in [-0.1, -0.05) is 6.92 Å². The van der Waals surface area contributed by atoms with E-state index >= 15 is 0 Å². The van der Waals surface area contributed by atoms with Gasteiger partial charge in [-0.3, -0.25) is 0 Å². The molecular formula is C9H18O4. The van der Waals surface area contributed by atoms with Crippen molar-refractivity contribution in [3.8, 4) is 0 Å². The van der Waals surface area contributed by atoms with Crippen LogP contribution in [0.25, 0.3) is 0 Å². The number of aliphatic hydroxyl groups excluding tert-OH is 1. The van der Waals surface area contributed by atoms with Crippen molar-refractivity contribution in [2.45, 2.75) is 44.7 Å². The van der Waals surface area contributed by atoms with Crippen LogP contribution in [0.3, 0.4) is 0 Å². The summed E-state index contributed by atoms with van der Waals surface area (Å²) in [5.41, 5.74) is -1.17. The molecule has 0 aromatic carbocycles. The van der Waals surface area contributed by atoms with Gasteiger partial charge in [0.05, 0.1) is 13.2 Å². The highest BCUT2D eigenvalue weighted by Crippen LogP contribution is 2.30. The molecule has 0 radical (unpaired) electrons. The van der Waals surface area contributed by atoms with Gasteiger partial charge in [-0.05, 0) is 20.3 Å². The van der Waals surface area contributed by atoms with E-state index in [4.69, 9.17) is 14.6 Å². The van der Waals surface area contributed by atoms with E-state index in [2.05, 4.69) is 0 Å². The fourth-order valence-electron chi connectivity index (χ4n) is 1.39. The first-order valence-corrected chi connectivity index (χ1v) is 4.58. The minimum atomic E-state index is -1.17. The second-order valence-corrected chi connectivity index (χ2v) is 3.93. The van der Waals surface area contributed by atoms with Crippen molar-refractivity contribution in [3.05, 3.63) is 0 Å². The summed E-state index contributed by atoms with van der Waals surface area (Å²) in [6.07, 6.45) is 0.0191. The summed E-state index contributed by atoms with van der Waals surface area (Å²) < 4.78 is 10.8. The Bertz CT molecular complexity index is 174. The molecule has 0 aromatic rings. The Hall–Kier alpha value is -0.160. The lowest BCUT2D eigenvalue weighted by atomic mass is 9.95. The van der Waals surface area contributed by atoms with Crippen molar-refractivity contribution < 1.29 is 19.7 Å². The topological polar surface area (TPSA) is 58.9 Å². The summed E-state index contributed by atoms with van der Waals surface area (Å²) in [6.45, 7) is 5.43. The Labute approximate surface area is 78.5 Å². The first-order valence-electron chi connectivity index (χ1n) is 4.58. The maximum absolute atomic E-state index is 9.91. The summed E-state index contributed by atoms with van der Waals surface area (Å²) in [5, 5.41) is 18.9. The van der Waals surface area contributed by atoms with Gasteiger partial charge in [-0.2, -0.15) is 0 Å². The monoisotopic (exact) mass is 190 g/mol. The molecule has 1 heterocycles. The van der Waals surface area contributed by atoms with Gasteiger partial charge in [-0.15, -0.1) is 0 Å². The molecule has 0 aliphatic carbocycles. The molecule has 0 aromatic heterocycles. The highest BCUT2D eigenvalue weighted by atomic mass is 16.7. The van der Waals surface area contributed by atoms with Crippen LogP contribution in [-0.4, -0.2) is 40.9 Å². The Morgan fingerprint density at radius 2 is 2.15 bits per heavy atom. The van der Waals surface area contributed by atoms with Crippen molar-refractivity contribution in [1.29, 1.82) is 0 Å². The van der Waals surface area contributed by atoms with Crippen molar-refractivity contribution in [2.24, 2.45) is 0 Å². The molecule has 0 spiro atoms. The molecule has 1 aliphatic heterocycles. The number of hydrogen-bond donors (Lipinski definition) is 2. The van der Waals surface area contributed by atoms with Gasteiger partial charge in [0, 0.05) is 0 Å². The molecule has 2 N–H and O–H groups in total. The van der Waals surface area contributed by atoms with Crippen LogP contribution in [0.5, 0.6) is 0 Å². The van der Waals surface area contributed by atoms with E-state index in [1.54, 1.807) is 13.8 Å². The molecule has 1 aliphatic rings. The number of ether oxygens (including phenoxy) is 2. The molecule has 0 saturated carbocycles. The van der Waals surface area contributed by atoms with Crippen molar-refractivity contribution in [1.82, 2.24) is 0 Å². The van der Waals surface area contributed by atoms with Crippen LogP contribution >= 0.6 is 0 Å². The quantitative estimate of drug-likeness (QED) is 0.670. The fourth-order valence-corrected chi connectivity index (χ4v) is 1.39. The van der Waals surface area contributed by atoms with Crippen LogP contribution in [0.15, 0.2) is 0 Å². The summed E-state index contributed by atoms with van der Waals surface area (Å²) in [7, 11) is 0. The van der Waals surface area contributed by atoms with Gasteiger partial charge in [0.1, 0.15) is 11.7 Å². The summed E-state index contributed by atoms with van der Waals surface area (Å²) in [6, 6.07) is 0. The van der Waals surface area contributed by atoms with Gasteiger partial charge < -0.3 is 19.7 Å². The van der Waals surface area contributed by atoms with Gasteiger partial charge >= 0.3 is 0 Å². The molecule has 2 unspecified atom stereocenters. The Balaban J connectivity index is 2.63. The first-order chi connectivity index (χ1) is 5.93.